The Labute approximate surface area is 195 Å². The van der Waals surface area contributed by atoms with Gasteiger partial charge in [-0.25, -0.2) is 0 Å². The molecule has 1 unspecified atom stereocenters. The Hall–Kier alpha value is -3.02. The first kappa shape index (κ1) is 23.1. The van der Waals surface area contributed by atoms with E-state index in [0.29, 0.717) is 18.2 Å². The van der Waals surface area contributed by atoms with E-state index >= 15 is 0 Å². The standard InChI is InChI=1S/C27H34N4O2/c1-5-22(28-25(32)18-13-15-19(16-14-18)27(2,3)4)23-26(33)29-24(31-30-23)21-12-8-10-17-9-6-7-11-20(17)21/h6-12,18-19,22H,5,13-16H2,1-4H3,(H,28,32)(H,29,31,33)/t18-,19+,22?. The third-order valence-electron chi connectivity index (χ3n) is 7.14. The van der Waals surface area contributed by atoms with Gasteiger partial charge in [-0.1, -0.05) is 70.2 Å². The Morgan fingerprint density at radius 3 is 2.42 bits per heavy atom. The minimum absolute atomic E-state index is 0.000327. The van der Waals surface area contributed by atoms with Crippen LogP contribution in [-0.2, 0) is 4.79 Å². The van der Waals surface area contributed by atoms with Gasteiger partial charge in [0.15, 0.2) is 11.5 Å². The highest BCUT2D eigenvalue weighted by molar-refractivity contribution is 5.94. The molecular weight excluding hydrogens is 412 g/mol. The molecule has 1 fully saturated rings. The number of nitrogens with zero attached hydrogens (tertiary/aromatic N) is 2. The summed E-state index contributed by atoms with van der Waals surface area (Å²) in [5, 5.41) is 13.7. The van der Waals surface area contributed by atoms with Crippen LogP contribution in [0.3, 0.4) is 0 Å². The van der Waals surface area contributed by atoms with Gasteiger partial charge in [0.25, 0.3) is 5.56 Å². The SMILES string of the molecule is CCC(NC(=O)[C@H]1CC[C@@H](C(C)(C)C)CC1)c1nnc(-c2cccc3ccccc23)[nH]c1=O. The second kappa shape index (κ2) is 9.46. The lowest BCUT2D eigenvalue weighted by Gasteiger charge is -2.36. The molecule has 4 rings (SSSR count). The lowest BCUT2D eigenvalue weighted by Crippen LogP contribution is -2.39. The van der Waals surface area contributed by atoms with E-state index in [1.54, 1.807) is 0 Å². The first-order chi connectivity index (χ1) is 15.8. The van der Waals surface area contributed by atoms with E-state index in [2.05, 4.69) is 41.3 Å². The van der Waals surface area contributed by atoms with Gasteiger partial charge in [-0.05, 0) is 54.2 Å². The Balaban J connectivity index is 1.50. The van der Waals surface area contributed by atoms with Gasteiger partial charge in [0, 0.05) is 11.5 Å². The number of carbonyl (C=O) groups excluding carboxylic acids is 1. The Morgan fingerprint density at radius 1 is 1.06 bits per heavy atom. The van der Waals surface area contributed by atoms with E-state index in [-0.39, 0.29) is 28.5 Å². The highest BCUT2D eigenvalue weighted by atomic mass is 16.2. The van der Waals surface area contributed by atoms with Crippen LogP contribution in [0.4, 0.5) is 0 Å². The molecule has 1 atom stereocenters. The maximum Gasteiger partial charge on any atom is 0.275 e. The molecule has 1 heterocycles. The van der Waals surface area contributed by atoms with Crippen molar-refractivity contribution in [3.8, 4) is 11.4 Å². The summed E-state index contributed by atoms with van der Waals surface area (Å²) < 4.78 is 0. The molecular formula is C27H34N4O2. The zero-order valence-electron chi connectivity index (χ0n) is 20.0. The molecule has 174 valence electrons. The topological polar surface area (TPSA) is 87.7 Å². The van der Waals surface area contributed by atoms with Gasteiger partial charge in [0.2, 0.25) is 5.91 Å². The number of fused-ring (bicyclic) bond motifs is 1. The van der Waals surface area contributed by atoms with Crippen molar-refractivity contribution in [2.45, 2.75) is 65.8 Å². The normalized spacial score (nSPS) is 19.9. The number of H-pyrrole nitrogens is 1. The molecule has 1 saturated carbocycles. The summed E-state index contributed by atoms with van der Waals surface area (Å²) >= 11 is 0. The van der Waals surface area contributed by atoms with Crippen LogP contribution in [0, 0.1) is 17.3 Å². The molecule has 1 aromatic heterocycles. The molecule has 0 radical (unpaired) electrons. The summed E-state index contributed by atoms with van der Waals surface area (Å²) in [5.41, 5.74) is 1.06. The van der Waals surface area contributed by atoms with Crippen molar-refractivity contribution >= 4 is 16.7 Å². The van der Waals surface area contributed by atoms with Crippen molar-refractivity contribution in [3.63, 3.8) is 0 Å². The van der Waals surface area contributed by atoms with Crippen LogP contribution in [0.15, 0.2) is 47.3 Å². The molecule has 0 bridgehead atoms. The van der Waals surface area contributed by atoms with Crippen LogP contribution in [0.5, 0.6) is 0 Å². The molecule has 2 N–H and O–H groups in total. The van der Waals surface area contributed by atoms with E-state index < -0.39 is 6.04 Å². The highest BCUT2D eigenvalue weighted by Crippen LogP contribution is 2.40. The third-order valence-corrected chi connectivity index (χ3v) is 7.14. The number of aromatic amines is 1. The molecule has 0 aliphatic heterocycles. The number of hydrogen-bond donors (Lipinski definition) is 2. The predicted octanol–water partition coefficient (Wildman–Crippen LogP) is 5.40. The largest absolute Gasteiger partial charge is 0.347 e. The Kier molecular flexibility index (Phi) is 6.63. The van der Waals surface area contributed by atoms with Crippen molar-refractivity contribution in [3.05, 3.63) is 58.5 Å². The quantitative estimate of drug-likeness (QED) is 0.549. The molecule has 0 spiro atoms. The van der Waals surface area contributed by atoms with E-state index in [1.807, 2.05) is 49.4 Å². The zero-order valence-corrected chi connectivity index (χ0v) is 20.0. The Bertz CT molecular complexity index is 1180. The van der Waals surface area contributed by atoms with Crippen molar-refractivity contribution in [1.82, 2.24) is 20.5 Å². The van der Waals surface area contributed by atoms with Crippen LogP contribution < -0.4 is 10.9 Å². The van der Waals surface area contributed by atoms with Crippen molar-refractivity contribution in [2.24, 2.45) is 17.3 Å². The van der Waals surface area contributed by atoms with Gasteiger partial charge in [-0.3, -0.25) is 9.59 Å². The second-order valence-electron chi connectivity index (χ2n) is 10.3. The summed E-state index contributed by atoms with van der Waals surface area (Å²) in [5.74, 6) is 1.11. The van der Waals surface area contributed by atoms with Crippen molar-refractivity contribution < 1.29 is 4.79 Å². The van der Waals surface area contributed by atoms with Gasteiger partial charge >= 0.3 is 0 Å². The van der Waals surface area contributed by atoms with Crippen molar-refractivity contribution in [1.29, 1.82) is 0 Å². The smallest absolute Gasteiger partial charge is 0.275 e. The lowest BCUT2D eigenvalue weighted by molar-refractivity contribution is -0.127. The maximum atomic E-state index is 13.0. The molecule has 6 heteroatoms. The monoisotopic (exact) mass is 446 g/mol. The number of hydrogen-bond acceptors (Lipinski definition) is 4. The first-order valence-electron chi connectivity index (χ1n) is 12.0. The van der Waals surface area contributed by atoms with Crippen LogP contribution in [-0.4, -0.2) is 21.1 Å². The number of carbonyl (C=O) groups is 1. The second-order valence-corrected chi connectivity index (χ2v) is 10.3. The molecule has 2 aromatic carbocycles. The number of aromatic nitrogens is 3. The van der Waals surface area contributed by atoms with E-state index in [4.69, 9.17) is 0 Å². The third kappa shape index (κ3) is 5.00. The highest BCUT2D eigenvalue weighted by Gasteiger charge is 2.33. The molecule has 0 saturated heterocycles. The summed E-state index contributed by atoms with van der Waals surface area (Å²) in [7, 11) is 0. The van der Waals surface area contributed by atoms with Gasteiger partial charge < -0.3 is 10.3 Å². The summed E-state index contributed by atoms with van der Waals surface area (Å²) in [4.78, 5) is 28.8. The van der Waals surface area contributed by atoms with Crippen LogP contribution in [0.25, 0.3) is 22.2 Å². The average Bonchev–Trinajstić information content (AvgIpc) is 2.81. The van der Waals surface area contributed by atoms with Crippen molar-refractivity contribution in [2.75, 3.05) is 0 Å². The van der Waals surface area contributed by atoms with Gasteiger partial charge in [-0.2, -0.15) is 0 Å². The van der Waals surface area contributed by atoms with Crippen LogP contribution in [0.1, 0.15) is 71.5 Å². The molecule has 6 nitrogen and oxygen atoms in total. The maximum absolute atomic E-state index is 13.0. The lowest BCUT2D eigenvalue weighted by atomic mass is 9.69. The van der Waals surface area contributed by atoms with E-state index in [0.717, 1.165) is 42.0 Å². The molecule has 33 heavy (non-hydrogen) atoms. The minimum atomic E-state index is -0.448. The zero-order chi connectivity index (χ0) is 23.6. The summed E-state index contributed by atoms with van der Waals surface area (Å²) in [6.07, 6.45) is 4.50. The molecule has 1 amide bonds. The first-order valence-corrected chi connectivity index (χ1v) is 12.0. The Morgan fingerprint density at radius 2 is 1.76 bits per heavy atom. The van der Waals surface area contributed by atoms with Gasteiger partial charge in [0.1, 0.15) is 0 Å². The molecule has 3 aromatic rings. The average molecular weight is 447 g/mol. The summed E-state index contributed by atoms with van der Waals surface area (Å²) in [6, 6.07) is 13.4. The predicted molar refractivity (Wildman–Crippen MR) is 132 cm³/mol. The van der Waals surface area contributed by atoms with E-state index in [9.17, 15) is 9.59 Å². The number of benzene rings is 2. The fourth-order valence-electron chi connectivity index (χ4n) is 5.00. The molecule has 1 aliphatic rings. The number of nitrogens with one attached hydrogen (secondary N) is 2. The van der Waals surface area contributed by atoms with Gasteiger partial charge in [0.05, 0.1) is 6.04 Å². The van der Waals surface area contributed by atoms with E-state index in [1.165, 1.54) is 0 Å². The minimum Gasteiger partial charge on any atom is -0.347 e. The van der Waals surface area contributed by atoms with Crippen LogP contribution >= 0.6 is 0 Å². The number of amides is 1. The fourth-order valence-corrected chi connectivity index (χ4v) is 5.00. The fraction of sp³-hybridized carbons (Fsp3) is 0.481. The molecule has 1 aliphatic carbocycles. The van der Waals surface area contributed by atoms with Crippen LogP contribution in [0.2, 0.25) is 0 Å². The summed E-state index contributed by atoms with van der Waals surface area (Å²) in [6.45, 7) is 8.77. The number of rotatable bonds is 5. The van der Waals surface area contributed by atoms with Gasteiger partial charge in [-0.15, -0.1) is 10.2 Å².